The number of hydrogen-bond donors (Lipinski definition) is 2. The first-order valence-corrected chi connectivity index (χ1v) is 6.26. The van der Waals surface area contributed by atoms with E-state index in [9.17, 15) is 4.79 Å². The van der Waals surface area contributed by atoms with E-state index < -0.39 is 5.97 Å². The molecule has 76 valence electrons. The first-order chi connectivity index (χ1) is 6.75. The summed E-state index contributed by atoms with van der Waals surface area (Å²) in [5, 5.41) is 12.7. The molecule has 1 aliphatic heterocycles. The topological polar surface area (TPSA) is 62.2 Å². The van der Waals surface area contributed by atoms with Crippen LogP contribution in [0.5, 0.6) is 0 Å². The summed E-state index contributed by atoms with van der Waals surface area (Å²) in [4.78, 5) is 14.9. The Kier molecular flexibility index (Phi) is 2.93. The van der Waals surface area contributed by atoms with Gasteiger partial charge in [-0.2, -0.15) is 11.8 Å². The van der Waals surface area contributed by atoms with E-state index in [1.165, 1.54) is 23.3 Å². The number of carbonyl (C=O) groups is 1. The van der Waals surface area contributed by atoms with Gasteiger partial charge in [-0.3, -0.25) is 0 Å². The summed E-state index contributed by atoms with van der Waals surface area (Å²) in [5.41, 5.74) is 0. The average Bonchev–Trinajstić information content (AvgIpc) is 2.75. The van der Waals surface area contributed by atoms with Crippen molar-refractivity contribution in [2.75, 3.05) is 16.8 Å². The summed E-state index contributed by atoms with van der Waals surface area (Å²) in [6, 6.07) is 0.452. The second-order valence-electron chi connectivity index (χ2n) is 3.04. The summed E-state index contributed by atoms with van der Waals surface area (Å²) in [6.45, 7) is 0. The fourth-order valence-corrected chi connectivity index (χ4v) is 3.15. The molecule has 2 heterocycles. The number of nitrogens with zero attached hydrogens (tertiary/aromatic N) is 1. The van der Waals surface area contributed by atoms with Crippen molar-refractivity contribution in [1.82, 2.24) is 4.98 Å². The predicted octanol–water partition coefficient (Wildman–Crippen LogP) is 1.76. The molecule has 1 atom stereocenters. The Bertz CT molecular complexity index is 334. The van der Waals surface area contributed by atoms with Gasteiger partial charge in [-0.1, -0.05) is 11.3 Å². The molecule has 0 saturated carbocycles. The number of carboxylic acids is 1. The number of anilines is 1. The smallest absolute Gasteiger partial charge is 0.347 e. The van der Waals surface area contributed by atoms with E-state index in [-0.39, 0.29) is 4.88 Å². The third-order valence-corrected chi connectivity index (χ3v) is 4.05. The summed E-state index contributed by atoms with van der Waals surface area (Å²) >= 11 is 3.11. The van der Waals surface area contributed by atoms with Crippen LogP contribution in [0.1, 0.15) is 16.1 Å². The maximum atomic E-state index is 10.6. The van der Waals surface area contributed by atoms with Crippen molar-refractivity contribution in [3.63, 3.8) is 0 Å². The Labute approximate surface area is 89.7 Å². The fourth-order valence-electron chi connectivity index (χ4n) is 1.26. The van der Waals surface area contributed by atoms with Crippen molar-refractivity contribution < 1.29 is 9.90 Å². The number of carboxylic acid groups (broad SMARTS) is 1. The van der Waals surface area contributed by atoms with Gasteiger partial charge < -0.3 is 10.4 Å². The van der Waals surface area contributed by atoms with Gasteiger partial charge >= 0.3 is 5.97 Å². The monoisotopic (exact) mass is 230 g/mol. The minimum Gasteiger partial charge on any atom is -0.477 e. The molecule has 1 unspecified atom stereocenters. The summed E-state index contributed by atoms with van der Waals surface area (Å²) in [6.07, 6.45) is 2.53. The second-order valence-corrected chi connectivity index (χ2v) is 5.22. The predicted molar refractivity (Wildman–Crippen MR) is 58.4 cm³/mol. The molecule has 1 aliphatic rings. The van der Waals surface area contributed by atoms with Gasteiger partial charge in [0.1, 0.15) is 4.88 Å². The molecular weight excluding hydrogens is 220 g/mol. The number of aromatic nitrogens is 1. The molecule has 2 N–H and O–H groups in total. The highest BCUT2D eigenvalue weighted by Crippen LogP contribution is 2.24. The number of nitrogens with one attached hydrogen (secondary N) is 1. The van der Waals surface area contributed by atoms with E-state index in [1.807, 2.05) is 11.8 Å². The first kappa shape index (κ1) is 9.79. The molecule has 14 heavy (non-hydrogen) atoms. The maximum absolute atomic E-state index is 10.6. The Morgan fingerprint density at radius 1 is 1.71 bits per heavy atom. The van der Waals surface area contributed by atoms with Crippen molar-refractivity contribution in [2.24, 2.45) is 0 Å². The van der Waals surface area contributed by atoms with E-state index in [4.69, 9.17) is 5.11 Å². The van der Waals surface area contributed by atoms with Crippen molar-refractivity contribution in [2.45, 2.75) is 12.5 Å². The minimum atomic E-state index is -0.906. The van der Waals surface area contributed by atoms with Gasteiger partial charge in [-0.15, -0.1) is 0 Å². The van der Waals surface area contributed by atoms with Gasteiger partial charge in [-0.05, 0) is 12.2 Å². The molecule has 4 nitrogen and oxygen atoms in total. The van der Waals surface area contributed by atoms with Crippen LogP contribution < -0.4 is 5.32 Å². The summed E-state index contributed by atoms with van der Waals surface area (Å²) < 4.78 is 0. The molecule has 1 aromatic rings. The third-order valence-electron chi connectivity index (χ3n) is 1.97. The first-order valence-electron chi connectivity index (χ1n) is 4.29. The zero-order chi connectivity index (χ0) is 9.97. The highest BCUT2D eigenvalue weighted by Gasteiger charge is 2.17. The molecule has 2 rings (SSSR count). The van der Waals surface area contributed by atoms with E-state index in [0.29, 0.717) is 6.04 Å². The van der Waals surface area contributed by atoms with Gasteiger partial charge in [0, 0.05) is 11.8 Å². The molecule has 0 spiro atoms. The summed E-state index contributed by atoms with van der Waals surface area (Å²) in [7, 11) is 0. The molecule has 0 radical (unpaired) electrons. The Morgan fingerprint density at radius 3 is 3.14 bits per heavy atom. The van der Waals surface area contributed by atoms with Crippen LogP contribution >= 0.6 is 23.1 Å². The lowest BCUT2D eigenvalue weighted by Crippen LogP contribution is -2.17. The molecule has 0 aromatic carbocycles. The van der Waals surface area contributed by atoms with Crippen molar-refractivity contribution >= 4 is 34.2 Å². The van der Waals surface area contributed by atoms with E-state index in [2.05, 4.69) is 10.3 Å². The van der Waals surface area contributed by atoms with E-state index >= 15 is 0 Å². The highest BCUT2D eigenvalue weighted by molar-refractivity contribution is 7.99. The Hall–Kier alpha value is -0.750. The van der Waals surface area contributed by atoms with Crippen LogP contribution in [0, 0.1) is 0 Å². The largest absolute Gasteiger partial charge is 0.477 e. The standard InChI is InChI=1S/C8H10N2O2S2/c11-7(12)6-3-9-8(14-6)10-5-1-2-13-4-5/h3,5H,1-2,4H2,(H,9,10)(H,11,12). The molecule has 1 saturated heterocycles. The van der Waals surface area contributed by atoms with E-state index in [0.717, 1.165) is 17.3 Å². The van der Waals surface area contributed by atoms with Gasteiger partial charge in [0.15, 0.2) is 5.13 Å². The van der Waals surface area contributed by atoms with Crippen molar-refractivity contribution in [3.05, 3.63) is 11.1 Å². The average molecular weight is 230 g/mol. The maximum Gasteiger partial charge on any atom is 0.347 e. The number of rotatable bonds is 3. The van der Waals surface area contributed by atoms with Crippen LogP contribution in [0.15, 0.2) is 6.20 Å². The second kappa shape index (κ2) is 4.18. The molecule has 0 aliphatic carbocycles. The zero-order valence-electron chi connectivity index (χ0n) is 7.40. The lowest BCUT2D eigenvalue weighted by molar-refractivity contribution is 0.0702. The van der Waals surface area contributed by atoms with Crippen molar-refractivity contribution in [1.29, 1.82) is 0 Å². The molecule has 1 fully saturated rings. The van der Waals surface area contributed by atoms with Crippen LogP contribution in [-0.2, 0) is 0 Å². The van der Waals surface area contributed by atoms with Crippen LogP contribution in [0.25, 0.3) is 0 Å². The number of hydrogen-bond acceptors (Lipinski definition) is 5. The highest BCUT2D eigenvalue weighted by atomic mass is 32.2. The molecule has 6 heteroatoms. The van der Waals surface area contributed by atoms with Crippen molar-refractivity contribution in [3.8, 4) is 0 Å². The van der Waals surface area contributed by atoms with Gasteiger partial charge in [0.05, 0.1) is 6.20 Å². The van der Waals surface area contributed by atoms with Gasteiger partial charge in [0.2, 0.25) is 0 Å². The number of thiazole rings is 1. The van der Waals surface area contributed by atoms with Gasteiger partial charge in [-0.25, -0.2) is 9.78 Å². The Morgan fingerprint density at radius 2 is 2.57 bits per heavy atom. The molecule has 0 bridgehead atoms. The molecule has 1 aromatic heterocycles. The quantitative estimate of drug-likeness (QED) is 0.828. The lowest BCUT2D eigenvalue weighted by atomic mass is 10.3. The fraction of sp³-hybridized carbons (Fsp3) is 0.500. The van der Waals surface area contributed by atoms with Crippen LogP contribution in [-0.4, -0.2) is 33.6 Å². The van der Waals surface area contributed by atoms with Crippen LogP contribution in [0.3, 0.4) is 0 Å². The summed E-state index contributed by atoms with van der Waals surface area (Å²) in [5.74, 6) is 1.35. The number of aromatic carboxylic acids is 1. The lowest BCUT2D eigenvalue weighted by Gasteiger charge is -2.08. The molecular formula is C8H10N2O2S2. The molecule has 0 amide bonds. The SMILES string of the molecule is O=C(O)c1cnc(NC2CCSC2)s1. The number of thioether (sulfide) groups is 1. The van der Waals surface area contributed by atoms with Gasteiger partial charge in [0.25, 0.3) is 0 Å². The normalized spacial score (nSPS) is 21.0. The van der Waals surface area contributed by atoms with Crippen LogP contribution in [0.2, 0.25) is 0 Å². The minimum absolute atomic E-state index is 0.290. The zero-order valence-corrected chi connectivity index (χ0v) is 9.03. The Balaban J connectivity index is 1.98. The third kappa shape index (κ3) is 2.19. The van der Waals surface area contributed by atoms with Crippen LogP contribution in [0.4, 0.5) is 5.13 Å². The van der Waals surface area contributed by atoms with E-state index in [1.54, 1.807) is 0 Å².